The third-order valence-corrected chi connectivity index (χ3v) is 4.70. The predicted molar refractivity (Wildman–Crippen MR) is 93.5 cm³/mol. The standard InChI is InChI=1S/C16H17N5O4S/c1-4-25-14(22)12-7-5-6-10(2)13(12)20-26(23,24)16-18-15-17-11(3)8-9-21(15)19-16/h5-9,20H,4H2,1-3H3. The Balaban J connectivity index is 2.02. The molecule has 0 aliphatic heterocycles. The lowest BCUT2D eigenvalue weighted by atomic mass is 10.1. The van der Waals surface area contributed by atoms with Crippen molar-refractivity contribution in [2.75, 3.05) is 11.3 Å². The second kappa shape index (κ2) is 6.71. The molecule has 1 N–H and O–H groups in total. The van der Waals surface area contributed by atoms with E-state index in [1.165, 1.54) is 10.6 Å². The van der Waals surface area contributed by atoms with E-state index in [0.29, 0.717) is 11.3 Å². The lowest BCUT2D eigenvalue weighted by molar-refractivity contribution is 0.0527. The predicted octanol–water partition coefficient (Wildman–Crippen LogP) is 1.72. The monoisotopic (exact) mass is 375 g/mol. The first kappa shape index (κ1) is 17.8. The van der Waals surface area contributed by atoms with Crippen LogP contribution in [-0.2, 0) is 14.8 Å². The van der Waals surface area contributed by atoms with Gasteiger partial charge in [0.25, 0.3) is 21.0 Å². The van der Waals surface area contributed by atoms with Crippen LogP contribution in [0.3, 0.4) is 0 Å². The molecule has 0 amide bonds. The van der Waals surface area contributed by atoms with Crippen LogP contribution in [0.4, 0.5) is 5.69 Å². The van der Waals surface area contributed by atoms with Crippen LogP contribution in [0.25, 0.3) is 5.78 Å². The number of nitrogens with zero attached hydrogens (tertiary/aromatic N) is 4. The van der Waals surface area contributed by atoms with Crippen molar-refractivity contribution >= 4 is 27.5 Å². The molecule has 0 atom stereocenters. The van der Waals surface area contributed by atoms with Crippen molar-refractivity contribution in [1.29, 1.82) is 0 Å². The molecule has 0 spiro atoms. The summed E-state index contributed by atoms with van der Waals surface area (Å²) >= 11 is 0. The van der Waals surface area contributed by atoms with Gasteiger partial charge in [-0.15, -0.1) is 5.10 Å². The molecule has 0 radical (unpaired) electrons. The average Bonchev–Trinajstić information content (AvgIpc) is 3.01. The molecule has 1 aromatic carbocycles. The van der Waals surface area contributed by atoms with Gasteiger partial charge in [-0.25, -0.2) is 14.3 Å². The normalized spacial score (nSPS) is 11.5. The number of nitrogens with one attached hydrogen (secondary N) is 1. The highest BCUT2D eigenvalue weighted by molar-refractivity contribution is 7.92. The number of anilines is 1. The van der Waals surface area contributed by atoms with Crippen molar-refractivity contribution in [2.45, 2.75) is 25.9 Å². The number of sulfonamides is 1. The number of para-hydroxylation sites is 1. The lowest BCUT2D eigenvalue weighted by Gasteiger charge is -2.13. The number of benzene rings is 1. The van der Waals surface area contributed by atoms with Gasteiger partial charge in [-0.05, 0) is 38.5 Å². The fraction of sp³-hybridized carbons (Fsp3) is 0.250. The van der Waals surface area contributed by atoms with Crippen LogP contribution in [0.5, 0.6) is 0 Å². The van der Waals surface area contributed by atoms with E-state index in [4.69, 9.17) is 4.74 Å². The number of hydrogen-bond donors (Lipinski definition) is 1. The van der Waals surface area contributed by atoms with Crippen LogP contribution < -0.4 is 4.72 Å². The summed E-state index contributed by atoms with van der Waals surface area (Å²) in [5.41, 5.74) is 1.50. The largest absolute Gasteiger partial charge is 0.462 e. The molecule has 26 heavy (non-hydrogen) atoms. The molecular formula is C16H17N5O4S. The van der Waals surface area contributed by atoms with Crippen molar-refractivity contribution in [2.24, 2.45) is 0 Å². The number of aromatic nitrogens is 4. The zero-order valence-corrected chi connectivity index (χ0v) is 15.2. The minimum atomic E-state index is -4.12. The first-order chi connectivity index (χ1) is 12.3. The Hall–Kier alpha value is -3.01. The van der Waals surface area contributed by atoms with E-state index in [1.54, 1.807) is 45.2 Å². The molecule has 0 fully saturated rings. The molecule has 2 heterocycles. The Morgan fingerprint density at radius 2 is 2.00 bits per heavy atom. The lowest BCUT2D eigenvalue weighted by Crippen LogP contribution is -2.18. The number of rotatable bonds is 5. The molecule has 2 aromatic heterocycles. The van der Waals surface area contributed by atoms with Crippen molar-refractivity contribution in [1.82, 2.24) is 19.6 Å². The number of carbonyl (C=O) groups excluding carboxylic acids is 1. The van der Waals surface area contributed by atoms with Gasteiger partial charge < -0.3 is 4.74 Å². The fourth-order valence-corrected chi connectivity index (χ4v) is 3.35. The molecule has 10 heteroatoms. The molecule has 3 rings (SSSR count). The van der Waals surface area contributed by atoms with Crippen molar-refractivity contribution in [3.05, 3.63) is 47.3 Å². The highest BCUT2D eigenvalue weighted by Crippen LogP contribution is 2.24. The summed E-state index contributed by atoms with van der Waals surface area (Å²) in [5, 5.41) is 3.50. The van der Waals surface area contributed by atoms with E-state index in [9.17, 15) is 13.2 Å². The number of carbonyl (C=O) groups is 1. The van der Waals surface area contributed by atoms with Gasteiger partial charge in [0.2, 0.25) is 0 Å². The summed E-state index contributed by atoms with van der Waals surface area (Å²) < 4.78 is 34.1. The number of esters is 1. The van der Waals surface area contributed by atoms with E-state index in [1.807, 2.05) is 0 Å². The van der Waals surface area contributed by atoms with E-state index >= 15 is 0 Å². The van der Waals surface area contributed by atoms with Crippen LogP contribution in [0.15, 0.2) is 35.6 Å². The second-order valence-corrected chi connectivity index (χ2v) is 7.11. The first-order valence-corrected chi connectivity index (χ1v) is 9.29. The maximum Gasteiger partial charge on any atom is 0.340 e. The summed E-state index contributed by atoms with van der Waals surface area (Å²) in [5.74, 6) is -0.449. The summed E-state index contributed by atoms with van der Waals surface area (Å²) in [6.45, 7) is 5.30. The average molecular weight is 375 g/mol. The highest BCUT2D eigenvalue weighted by Gasteiger charge is 2.25. The molecule has 9 nitrogen and oxygen atoms in total. The van der Waals surface area contributed by atoms with Gasteiger partial charge in [-0.2, -0.15) is 13.4 Å². The third kappa shape index (κ3) is 3.36. The van der Waals surface area contributed by atoms with E-state index in [0.717, 1.165) is 0 Å². The fourth-order valence-electron chi connectivity index (χ4n) is 2.32. The number of fused-ring (bicyclic) bond motifs is 1. The molecule has 0 saturated carbocycles. The highest BCUT2D eigenvalue weighted by atomic mass is 32.2. The van der Waals surface area contributed by atoms with Crippen LogP contribution in [-0.4, -0.2) is 40.6 Å². The van der Waals surface area contributed by atoms with E-state index < -0.39 is 21.1 Å². The van der Waals surface area contributed by atoms with Gasteiger partial charge in [-0.3, -0.25) is 4.72 Å². The SMILES string of the molecule is CCOC(=O)c1cccc(C)c1NS(=O)(=O)c1nc2nc(C)ccn2n1. The van der Waals surface area contributed by atoms with Crippen molar-refractivity contribution in [3.63, 3.8) is 0 Å². The molecule has 0 aliphatic rings. The summed E-state index contributed by atoms with van der Waals surface area (Å²) in [7, 11) is -4.12. The second-order valence-electron chi connectivity index (χ2n) is 5.53. The molecule has 3 aromatic rings. The summed E-state index contributed by atoms with van der Waals surface area (Å²) in [4.78, 5) is 20.2. The maximum atomic E-state index is 12.7. The smallest absolute Gasteiger partial charge is 0.340 e. The molecule has 0 aliphatic carbocycles. The first-order valence-electron chi connectivity index (χ1n) is 7.81. The third-order valence-electron chi connectivity index (χ3n) is 3.57. The van der Waals surface area contributed by atoms with Gasteiger partial charge in [0.1, 0.15) is 0 Å². The quantitative estimate of drug-likeness (QED) is 0.675. The van der Waals surface area contributed by atoms with E-state index in [2.05, 4.69) is 19.8 Å². The van der Waals surface area contributed by atoms with Crippen LogP contribution in [0, 0.1) is 13.8 Å². The van der Waals surface area contributed by atoms with Gasteiger partial charge in [0.15, 0.2) is 0 Å². The Bertz CT molecular complexity index is 1090. The van der Waals surface area contributed by atoms with E-state index in [-0.39, 0.29) is 23.6 Å². The van der Waals surface area contributed by atoms with Crippen LogP contribution in [0.1, 0.15) is 28.5 Å². The van der Waals surface area contributed by atoms with Gasteiger partial charge in [0, 0.05) is 11.9 Å². The number of hydrogen-bond acceptors (Lipinski definition) is 7. The minimum Gasteiger partial charge on any atom is -0.462 e. The Kier molecular flexibility index (Phi) is 4.60. The number of ether oxygens (including phenoxy) is 1. The minimum absolute atomic E-state index is 0.119. The Morgan fingerprint density at radius 1 is 1.23 bits per heavy atom. The van der Waals surface area contributed by atoms with Crippen LogP contribution in [0.2, 0.25) is 0 Å². The van der Waals surface area contributed by atoms with Gasteiger partial charge in [-0.1, -0.05) is 12.1 Å². The van der Waals surface area contributed by atoms with Crippen molar-refractivity contribution in [3.8, 4) is 0 Å². The van der Waals surface area contributed by atoms with Gasteiger partial charge >= 0.3 is 5.97 Å². The molecule has 0 bridgehead atoms. The van der Waals surface area contributed by atoms with Crippen LogP contribution >= 0.6 is 0 Å². The van der Waals surface area contributed by atoms with Crippen molar-refractivity contribution < 1.29 is 17.9 Å². The zero-order chi connectivity index (χ0) is 18.9. The van der Waals surface area contributed by atoms with Gasteiger partial charge in [0.05, 0.1) is 17.9 Å². The molecule has 0 unspecified atom stereocenters. The maximum absolute atomic E-state index is 12.7. The summed E-state index contributed by atoms with van der Waals surface area (Å²) in [6.07, 6.45) is 1.57. The molecule has 136 valence electrons. The summed E-state index contributed by atoms with van der Waals surface area (Å²) in [6, 6.07) is 6.51. The molecular weight excluding hydrogens is 358 g/mol. The Labute approximate surface area is 150 Å². The Morgan fingerprint density at radius 3 is 2.73 bits per heavy atom. The topological polar surface area (TPSA) is 116 Å². The molecule has 0 saturated heterocycles. The number of aryl methyl sites for hydroxylation is 2. The zero-order valence-electron chi connectivity index (χ0n) is 14.4.